The zero-order valence-electron chi connectivity index (χ0n) is 23.5. The second-order valence-corrected chi connectivity index (χ2v) is 11.4. The summed E-state index contributed by atoms with van der Waals surface area (Å²) in [6.45, 7) is 0. The fourth-order valence-electron chi connectivity index (χ4n) is 7.71. The van der Waals surface area contributed by atoms with Crippen molar-refractivity contribution in [1.29, 1.82) is 0 Å². The summed E-state index contributed by atoms with van der Waals surface area (Å²) in [6, 6.07) is 30.9. The van der Waals surface area contributed by atoms with E-state index in [4.69, 9.17) is 0 Å². The van der Waals surface area contributed by atoms with Gasteiger partial charge in [-0.25, -0.2) is 0 Å². The molecule has 4 nitrogen and oxygen atoms in total. The average molecular weight is 559 g/mol. The zero-order chi connectivity index (χ0) is 28.8. The van der Waals surface area contributed by atoms with Crippen LogP contribution in [0.1, 0.15) is 0 Å². The third-order valence-electron chi connectivity index (χ3n) is 9.35. The minimum atomic E-state index is 1.16. The van der Waals surface area contributed by atoms with E-state index < -0.39 is 0 Å². The third kappa shape index (κ3) is 3.01. The Morgan fingerprint density at radius 1 is 0.250 bits per heavy atom. The molecular weight excluding hydrogens is 536 g/mol. The maximum atomic E-state index is 4.36. The lowest BCUT2D eigenvalue weighted by Gasteiger charge is -2.20. The number of rotatable bonds is 4. The van der Waals surface area contributed by atoms with Crippen LogP contribution >= 0.6 is 0 Å². The van der Waals surface area contributed by atoms with E-state index in [1.807, 2.05) is 49.6 Å². The molecule has 0 amide bonds. The van der Waals surface area contributed by atoms with E-state index in [9.17, 15) is 0 Å². The van der Waals surface area contributed by atoms with Crippen LogP contribution in [0.15, 0.2) is 135 Å². The third-order valence-corrected chi connectivity index (χ3v) is 9.35. The van der Waals surface area contributed by atoms with Gasteiger partial charge in [0.1, 0.15) is 0 Å². The molecule has 0 bridgehead atoms. The highest BCUT2D eigenvalue weighted by atomic mass is 14.6. The average Bonchev–Trinajstić information content (AvgIpc) is 3.47. The predicted molar refractivity (Wildman–Crippen MR) is 180 cm³/mol. The molecule has 0 aliphatic rings. The molecule has 6 aromatic carbocycles. The highest BCUT2D eigenvalue weighted by molar-refractivity contribution is 6.49. The molecule has 0 atom stereocenters. The Bertz CT molecular complexity index is 2440. The SMILES string of the molecule is c1cc(-c2c(-c3ccncc3)c3ccc4c(-c5ccncc5)c(-c5ccncc5)c5ccc6ccc2c2c6c5c4c32)ccn1. The zero-order valence-corrected chi connectivity index (χ0v) is 23.5. The van der Waals surface area contributed by atoms with Crippen LogP contribution in [0.2, 0.25) is 0 Å². The lowest BCUT2D eigenvalue weighted by Crippen LogP contribution is -1.93. The van der Waals surface area contributed by atoms with Crippen LogP contribution in [0, 0.1) is 0 Å². The van der Waals surface area contributed by atoms with Crippen LogP contribution in [0.3, 0.4) is 0 Å². The number of hydrogen-bond donors (Lipinski definition) is 0. The summed E-state index contributed by atoms with van der Waals surface area (Å²) in [5, 5.41) is 13.0. The van der Waals surface area contributed by atoms with Gasteiger partial charge >= 0.3 is 0 Å². The summed E-state index contributed by atoms with van der Waals surface area (Å²) in [7, 11) is 0. The number of pyridine rings is 4. The fourth-order valence-corrected chi connectivity index (χ4v) is 7.71. The van der Waals surface area contributed by atoms with E-state index in [0.717, 1.165) is 22.3 Å². The molecule has 0 aliphatic heterocycles. The van der Waals surface area contributed by atoms with Gasteiger partial charge in [-0.1, -0.05) is 36.4 Å². The molecule has 0 fully saturated rings. The topological polar surface area (TPSA) is 51.6 Å². The predicted octanol–water partition coefficient (Wildman–Crippen LogP) is 10.0. The van der Waals surface area contributed by atoms with E-state index >= 15 is 0 Å². The Morgan fingerprint density at radius 2 is 0.500 bits per heavy atom. The molecule has 10 rings (SSSR count). The van der Waals surface area contributed by atoms with Crippen LogP contribution in [0.4, 0.5) is 0 Å². The molecule has 10 aromatic rings. The largest absolute Gasteiger partial charge is 0.265 e. The first-order chi connectivity index (χ1) is 21.9. The monoisotopic (exact) mass is 558 g/mol. The van der Waals surface area contributed by atoms with Gasteiger partial charge in [-0.15, -0.1) is 0 Å². The van der Waals surface area contributed by atoms with Crippen molar-refractivity contribution < 1.29 is 0 Å². The highest BCUT2D eigenvalue weighted by Crippen LogP contribution is 2.57. The first kappa shape index (κ1) is 23.6. The fraction of sp³-hybridized carbons (Fsp3) is 0. The van der Waals surface area contributed by atoms with E-state index in [-0.39, 0.29) is 0 Å². The normalized spacial score (nSPS) is 12.1. The maximum absolute atomic E-state index is 4.36. The van der Waals surface area contributed by atoms with Gasteiger partial charge in [0.2, 0.25) is 0 Å². The molecule has 0 spiro atoms. The minimum Gasteiger partial charge on any atom is -0.265 e. The molecule has 44 heavy (non-hydrogen) atoms. The van der Waals surface area contributed by atoms with Gasteiger partial charge in [0.15, 0.2) is 0 Å². The van der Waals surface area contributed by atoms with Crippen LogP contribution < -0.4 is 0 Å². The molecule has 0 unspecified atom stereocenters. The van der Waals surface area contributed by atoms with Crippen molar-refractivity contribution in [3.63, 3.8) is 0 Å². The molecule has 0 aliphatic carbocycles. The van der Waals surface area contributed by atoms with Crippen molar-refractivity contribution in [2.75, 3.05) is 0 Å². The van der Waals surface area contributed by atoms with E-state index in [0.29, 0.717) is 0 Å². The molecule has 4 aromatic heterocycles. The van der Waals surface area contributed by atoms with Gasteiger partial charge in [0, 0.05) is 49.6 Å². The Kier molecular flexibility index (Phi) is 4.69. The van der Waals surface area contributed by atoms with Gasteiger partial charge in [-0.2, -0.15) is 0 Å². The quantitative estimate of drug-likeness (QED) is 0.202. The van der Waals surface area contributed by atoms with Gasteiger partial charge in [0.05, 0.1) is 0 Å². The Hall–Kier alpha value is -6.00. The number of benzene rings is 5. The molecule has 0 saturated heterocycles. The first-order valence-corrected chi connectivity index (χ1v) is 14.8. The Balaban J connectivity index is 1.52. The number of nitrogens with zero attached hydrogens (tertiary/aromatic N) is 4. The van der Waals surface area contributed by atoms with Crippen molar-refractivity contribution in [1.82, 2.24) is 19.9 Å². The summed E-state index contributed by atoms with van der Waals surface area (Å²) >= 11 is 0. The molecule has 0 saturated carbocycles. The van der Waals surface area contributed by atoms with Crippen LogP contribution in [-0.2, 0) is 0 Å². The van der Waals surface area contributed by atoms with Crippen molar-refractivity contribution in [2.24, 2.45) is 0 Å². The summed E-state index contributed by atoms with van der Waals surface area (Å²) in [4.78, 5) is 17.4. The second kappa shape index (κ2) is 8.76. The Labute approximate surface area is 252 Å². The Morgan fingerprint density at radius 3 is 0.795 bits per heavy atom. The summed E-state index contributed by atoms with van der Waals surface area (Å²) in [6.07, 6.45) is 15.1. The van der Waals surface area contributed by atoms with Crippen molar-refractivity contribution >= 4 is 53.9 Å². The lowest BCUT2D eigenvalue weighted by atomic mass is 9.83. The maximum Gasteiger partial charge on any atom is 0.0273 e. The standard InChI is InChI=1S/C40H22N4/c1-3-28-32(24-7-15-41-16-8-24)34(26-11-19-43-20-12-26)30-5-6-31-35(27-13-21-44-22-14-27)33(25-9-17-42-18-10-25)29-4-2-23(1)36-37(28)39(30)40(31)38(29)36/h1-22H. The van der Waals surface area contributed by atoms with Gasteiger partial charge in [-0.05, 0) is 147 Å². The van der Waals surface area contributed by atoms with Gasteiger partial charge in [-0.3, -0.25) is 19.9 Å². The lowest BCUT2D eigenvalue weighted by molar-refractivity contribution is 1.33. The molecule has 0 radical (unpaired) electrons. The summed E-state index contributed by atoms with van der Waals surface area (Å²) in [5.74, 6) is 0. The van der Waals surface area contributed by atoms with Crippen molar-refractivity contribution in [3.05, 3.63) is 135 Å². The highest BCUT2D eigenvalue weighted by Gasteiger charge is 2.29. The van der Waals surface area contributed by atoms with Crippen LogP contribution in [-0.4, -0.2) is 19.9 Å². The second-order valence-electron chi connectivity index (χ2n) is 11.4. The summed E-state index contributed by atoms with van der Waals surface area (Å²) < 4.78 is 0. The molecular formula is C40H22N4. The van der Waals surface area contributed by atoms with E-state index in [2.05, 4.69) is 105 Å². The van der Waals surface area contributed by atoms with Crippen LogP contribution in [0.5, 0.6) is 0 Å². The first-order valence-electron chi connectivity index (χ1n) is 14.8. The number of hydrogen-bond acceptors (Lipinski definition) is 4. The molecule has 4 heterocycles. The number of aromatic nitrogens is 4. The van der Waals surface area contributed by atoms with Crippen molar-refractivity contribution in [2.45, 2.75) is 0 Å². The van der Waals surface area contributed by atoms with E-state index in [1.54, 1.807) is 0 Å². The van der Waals surface area contributed by atoms with Gasteiger partial charge in [0.25, 0.3) is 0 Å². The molecule has 0 N–H and O–H groups in total. The van der Waals surface area contributed by atoms with Crippen molar-refractivity contribution in [3.8, 4) is 44.5 Å². The smallest absolute Gasteiger partial charge is 0.0273 e. The van der Waals surface area contributed by atoms with Crippen LogP contribution in [0.25, 0.3) is 98.4 Å². The van der Waals surface area contributed by atoms with E-state index in [1.165, 1.54) is 76.1 Å². The summed E-state index contributed by atoms with van der Waals surface area (Å²) in [5.41, 5.74) is 9.55. The minimum absolute atomic E-state index is 1.16. The molecule has 4 heteroatoms. The molecule has 202 valence electrons. The van der Waals surface area contributed by atoms with Gasteiger partial charge < -0.3 is 0 Å².